The van der Waals surface area contributed by atoms with Crippen molar-refractivity contribution in [3.05, 3.63) is 39.7 Å². The molecular weight excluding hydrogens is 340 g/mol. The smallest absolute Gasteiger partial charge is 0.255 e. The number of nitrogens with two attached hydrogens (primary N) is 2. The third-order valence-electron chi connectivity index (χ3n) is 4.37. The van der Waals surface area contributed by atoms with Gasteiger partial charge in [-0.25, -0.2) is 0 Å². The average molecular weight is 355 g/mol. The Hall–Kier alpha value is -2.98. The highest BCUT2D eigenvalue weighted by atomic mass is 35.5. The van der Waals surface area contributed by atoms with Crippen molar-refractivity contribution >= 4 is 34.2 Å². The molecule has 8 heteroatoms. The van der Waals surface area contributed by atoms with Crippen LogP contribution in [0.3, 0.4) is 0 Å². The number of fused-ring (bicyclic) bond motifs is 1. The van der Waals surface area contributed by atoms with Crippen molar-refractivity contribution in [2.75, 3.05) is 5.73 Å². The molecule has 25 heavy (non-hydrogen) atoms. The van der Waals surface area contributed by atoms with E-state index in [1.54, 1.807) is 6.20 Å². The number of halogens is 1. The zero-order valence-corrected chi connectivity index (χ0v) is 14.2. The molecule has 0 unspecified atom stereocenters. The summed E-state index contributed by atoms with van der Waals surface area (Å²) in [4.78, 5) is 11.5. The summed E-state index contributed by atoms with van der Waals surface area (Å²) < 4.78 is 1.84. The van der Waals surface area contributed by atoms with Crippen molar-refractivity contribution in [3.8, 4) is 11.8 Å². The number of primary amides is 1. The third-order valence-corrected chi connectivity index (χ3v) is 4.67. The minimum Gasteiger partial charge on any atom is -0.382 e. The van der Waals surface area contributed by atoms with Crippen molar-refractivity contribution in [2.45, 2.75) is 18.8 Å². The van der Waals surface area contributed by atoms with Gasteiger partial charge in [0.15, 0.2) is 5.82 Å². The summed E-state index contributed by atoms with van der Waals surface area (Å²) in [6, 6.07) is 1.96. The van der Waals surface area contributed by atoms with Crippen LogP contribution in [0, 0.1) is 11.8 Å². The second kappa shape index (κ2) is 5.53. The van der Waals surface area contributed by atoms with Crippen LogP contribution in [0.4, 0.5) is 5.82 Å². The van der Waals surface area contributed by atoms with E-state index in [0.29, 0.717) is 16.5 Å². The van der Waals surface area contributed by atoms with Gasteiger partial charge >= 0.3 is 0 Å². The third kappa shape index (κ3) is 2.51. The zero-order valence-electron chi connectivity index (χ0n) is 13.4. The average Bonchev–Trinajstić information content (AvgIpc) is 3.24. The van der Waals surface area contributed by atoms with Gasteiger partial charge in [0.25, 0.3) is 5.91 Å². The number of aromatic amines is 1. The Kier molecular flexibility index (Phi) is 3.44. The summed E-state index contributed by atoms with van der Waals surface area (Å²) in [5, 5.41) is 12.2. The molecule has 7 nitrogen and oxygen atoms in total. The molecule has 1 amide bonds. The van der Waals surface area contributed by atoms with Crippen LogP contribution in [0.15, 0.2) is 12.3 Å². The Bertz CT molecular complexity index is 1080. The van der Waals surface area contributed by atoms with E-state index in [1.165, 1.54) is 5.56 Å². The number of aryl methyl sites for hydroxylation is 1. The molecule has 126 valence electrons. The number of rotatable bonds is 2. The number of carbonyl (C=O) groups is 1. The fraction of sp³-hybridized carbons (Fsp3) is 0.235. The van der Waals surface area contributed by atoms with E-state index in [2.05, 4.69) is 27.1 Å². The molecule has 2 aromatic heterocycles. The van der Waals surface area contributed by atoms with Crippen molar-refractivity contribution in [1.29, 1.82) is 0 Å². The second-order valence-corrected chi connectivity index (χ2v) is 6.51. The first-order valence-electron chi connectivity index (χ1n) is 7.77. The molecule has 1 saturated carbocycles. The maximum atomic E-state index is 11.5. The normalized spacial score (nSPS) is 13.7. The number of benzene rings is 1. The minimum absolute atomic E-state index is 0.0264. The van der Waals surface area contributed by atoms with E-state index in [-0.39, 0.29) is 17.1 Å². The summed E-state index contributed by atoms with van der Waals surface area (Å²) in [5.41, 5.74) is 14.2. The van der Waals surface area contributed by atoms with Gasteiger partial charge in [0, 0.05) is 12.4 Å². The molecular formula is C17H15ClN6O. The molecule has 1 aliphatic carbocycles. The number of nitrogens with zero attached hydrogens (tertiary/aromatic N) is 3. The highest BCUT2D eigenvalue weighted by molar-refractivity contribution is 6.33. The van der Waals surface area contributed by atoms with E-state index in [4.69, 9.17) is 23.1 Å². The zero-order chi connectivity index (χ0) is 17.7. The number of anilines is 1. The maximum Gasteiger partial charge on any atom is 0.255 e. The van der Waals surface area contributed by atoms with E-state index in [0.717, 1.165) is 23.7 Å². The van der Waals surface area contributed by atoms with Crippen LogP contribution in [0.5, 0.6) is 0 Å². The van der Waals surface area contributed by atoms with Crippen LogP contribution in [-0.4, -0.2) is 25.9 Å². The Morgan fingerprint density at radius 2 is 2.20 bits per heavy atom. The van der Waals surface area contributed by atoms with E-state index >= 15 is 0 Å². The molecule has 1 aliphatic rings. The maximum absolute atomic E-state index is 11.5. The summed E-state index contributed by atoms with van der Waals surface area (Å²) in [6.07, 6.45) is 4.08. The molecule has 1 aromatic carbocycles. The SMILES string of the molecule is Cn1ncc2c(C#Cc3[nH]nc(N)c3C(N)=O)c(Cl)cc(C3CC3)c21. The molecule has 3 aromatic rings. The summed E-state index contributed by atoms with van der Waals surface area (Å²) >= 11 is 6.48. The highest BCUT2D eigenvalue weighted by Crippen LogP contribution is 2.45. The number of H-pyrrole nitrogens is 1. The molecule has 0 spiro atoms. The van der Waals surface area contributed by atoms with Crippen molar-refractivity contribution in [1.82, 2.24) is 20.0 Å². The number of amides is 1. The minimum atomic E-state index is -0.683. The van der Waals surface area contributed by atoms with Gasteiger partial charge in [0.05, 0.1) is 22.3 Å². The quantitative estimate of drug-likeness (QED) is 0.609. The second-order valence-electron chi connectivity index (χ2n) is 6.10. The summed E-state index contributed by atoms with van der Waals surface area (Å²) in [7, 11) is 1.90. The molecule has 0 atom stereocenters. The lowest BCUT2D eigenvalue weighted by Gasteiger charge is -2.07. The van der Waals surface area contributed by atoms with Crippen LogP contribution >= 0.6 is 11.6 Å². The van der Waals surface area contributed by atoms with E-state index in [9.17, 15) is 4.79 Å². The lowest BCUT2D eigenvalue weighted by molar-refractivity contribution is 0.100. The molecule has 5 N–H and O–H groups in total. The topological polar surface area (TPSA) is 116 Å². The largest absolute Gasteiger partial charge is 0.382 e. The number of nitrogen functional groups attached to an aromatic ring is 1. The fourth-order valence-corrected chi connectivity index (χ4v) is 3.29. The molecule has 0 saturated heterocycles. The predicted molar refractivity (Wildman–Crippen MR) is 95.2 cm³/mol. The van der Waals surface area contributed by atoms with Crippen molar-refractivity contribution in [2.24, 2.45) is 12.8 Å². The molecule has 0 aliphatic heterocycles. The summed E-state index contributed by atoms with van der Waals surface area (Å²) in [6.45, 7) is 0. The molecule has 2 heterocycles. The lowest BCUT2D eigenvalue weighted by atomic mass is 10.0. The Morgan fingerprint density at radius 1 is 1.44 bits per heavy atom. The van der Waals surface area contributed by atoms with E-state index in [1.807, 2.05) is 17.8 Å². The van der Waals surface area contributed by atoms with Crippen LogP contribution in [0.2, 0.25) is 5.02 Å². The van der Waals surface area contributed by atoms with Gasteiger partial charge in [-0.3, -0.25) is 14.6 Å². The van der Waals surface area contributed by atoms with Gasteiger partial charge in [-0.2, -0.15) is 10.2 Å². The van der Waals surface area contributed by atoms with Gasteiger partial charge in [0.2, 0.25) is 0 Å². The first-order chi connectivity index (χ1) is 12.0. The molecule has 1 fully saturated rings. The first kappa shape index (κ1) is 15.5. The Morgan fingerprint density at radius 3 is 2.88 bits per heavy atom. The number of hydrogen-bond acceptors (Lipinski definition) is 4. The monoisotopic (exact) mass is 354 g/mol. The first-order valence-corrected chi connectivity index (χ1v) is 8.15. The Balaban J connectivity index is 1.88. The number of carbonyl (C=O) groups excluding carboxylic acids is 1. The van der Waals surface area contributed by atoms with Gasteiger partial charge in [-0.15, -0.1) is 0 Å². The van der Waals surface area contributed by atoms with Gasteiger partial charge in [-0.1, -0.05) is 17.5 Å². The highest BCUT2D eigenvalue weighted by Gasteiger charge is 2.28. The van der Waals surface area contributed by atoms with Gasteiger partial charge in [-0.05, 0) is 36.3 Å². The Labute approximate surface area is 148 Å². The van der Waals surface area contributed by atoms with Crippen LogP contribution in [0.25, 0.3) is 10.9 Å². The lowest BCUT2D eigenvalue weighted by Crippen LogP contribution is -2.13. The molecule has 4 rings (SSSR count). The summed E-state index contributed by atoms with van der Waals surface area (Å²) in [5.74, 6) is 5.76. The molecule has 0 radical (unpaired) electrons. The van der Waals surface area contributed by atoms with E-state index < -0.39 is 5.91 Å². The predicted octanol–water partition coefficient (Wildman–Crippen LogP) is 1.91. The number of aromatic nitrogens is 4. The number of hydrogen-bond donors (Lipinski definition) is 3. The standard InChI is InChI=1S/C17H15ClN6O/c1-24-15-10(8-2-3-8)6-12(18)9(11(15)7-21-24)4-5-13-14(17(20)25)16(19)23-22-13/h6-8H,2-3H2,1H3,(H2,20,25)(H3,19,22,23). The van der Waals surface area contributed by atoms with Crippen LogP contribution < -0.4 is 11.5 Å². The fourth-order valence-electron chi connectivity index (χ4n) is 3.02. The van der Waals surface area contributed by atoms with Gasteiger partial charge in [0.1, 0.15) is 11.3 Å². The molecule has 0 bridgehead atoms. The van der Waals surface area contributed by atoms with Crippen molar-refractivity contribution in [3.63, 3.8) is 0 Å². The van der Waals surface area contributed by atoms with Gasteiger partial charge < -0.3 is 11.5 Å². The van der Waals surface area contributed by atoms with Crippen LogP contribution in [-0.2, 0) is 7.05 Å². The number of nitrogens with one attached hydrogen (secondary N) is 1. The van der Waals surface area contributed by atoms with Crippen LogP contribution in [0.1, 0.15) is 45.9 Å². The van der Waals surface area contributed by atoms with Crippen molar-refractivity contribution < 1.29 is 4.79 Å².